The summed E-state index contributed by atoms with van der Waals surface area (Å²) in [5, 5.41) is 0. The van der Waals surface area contributed by atoms with Crippen molar-refractivity contribution >= 4 is 10.0 Å². The Morgan fingerprint density at radius 3 is 1.71 bits per heavy atom. The fourth-order valence-electron chi connectivity index (χ4n) is 0.592. The summed E-state index contributed by atoms with van der Waals surface area (Å²) in [5.41, 5.74) is 5.07. The van der Waals surface area contributed by atoms with Crippen molar-refractivity contribution in [1.82, 2.24) is 4.72 Å². The molecular formula is C9H22N2O2S. The topological polar surface area (TPSA) is 72.2 Å². The maximum atomic E-state index is 11.8. The van der Waals surface area contributed by atoms with E-state index in [4.69, 9.17) is 5.73 Å². The van der Waals surface area contributed by atoms with Crippen molar-refractivity contribution in [1.29, 1.82) is 0 Å². The van der Waals surface area contributed by atoms with Gasteiger partial charge in [0.1, 0.15) is 0 Å². The molecule has 0 heterocycles. The summed E-state index contributed by atoms with van der Waals surface area (Å²) in [6, 6.07) is -0.236. The predicted octanol–water partition coefficient (Wildman–Crippen LogP) is 0.830. The van der Waals surface area contributed by atoms with E-state index in [-0.39, 0.29) is 6.04 Å². The van der Waals surface area contributed by atoms with E-state index in [1.54, 1.807) is 41.5 Å². The maximum absolute atomic E-state index is 11.8. The fraction of sp³-hybridized carbons (Fsp3) is 1.00. The van der Waals surface area contributed by atoms with Crippen molar-refractivity contribution in [2.45, 2.75) is 57.9 Å². The van der Waals surface area contributed by atoms with Crippen LogP contribution in [0.1, 0.15) is 41.5 Å². The van der Waals surface area contributed by atoms with Crippen LogP contribution in [0, 0.1) is 0 Å². The molecule has 0 bridgehead atoms. The molecule has 0 aliphatic carbocycles. The summed E-state index contributed by atoms with van der Waals surface area (Å²) in [6.45, 7) is 10.3. The average Bonchev–Trinajstić information content (AvgIpc) is 1.80. The minimum atomic E-state index is -3.33. The van der Waals surface area contributed by atoms with Crippen molar-refractivity contribution in [3.63, 3.8) is 0 Å². The van der Waals surface area contributed by atoms with Crippen LogP contribution >= 0.6 is 0 Å². The second kappa shape index (κ2) is 3.79. The monoisotopic (exact) mass is 222 g/mol. The molecule has 0 saturated carbocycles. The van der Waals surface area contributed by atoms with Gasteiger partial charge in [-0.3, -0.25) is 0 Å². The van der Waals surface area contributed by atoms with E-state index in [1.807, 2.05) is 0 Å². The van der Waals surface area contributed by atoms with Crippen molar-refractivity contribution in [2.75, 3.05) is 0 Å². The Labute approximate surface area is 87.3 Å². The Kier molecular flexibility index (Phi) is 3.76. The Hall–Kier alpha value is -0.130. The Balaban J connectivity index is 4.88. The van der Waals surface area contributed by atoms with E-state index in [0.717, 1.165) is 0 Å². The molecule has 0 aliphatic rings. The van der Waals surface area contributed by atoms with Crippen LogP contribution in [0.4, 0.5) is 0 Å². The number of hydrogen-bond acceptors (Lipinski definition) is 3. The molecule has 0 aromatic rings. The summed E-state index contributed by atoms with van der Waals surface area (Å²) in [5.74, 6) is 0. The highest BCUT2D eigenvalue weighted by atomic mass is 32.2. The van der Waals surface area contributed by atoms with Gasteiger partial charge in [0, 0.05) is 11.6 Å². The highest BCUT2D eigenvalue weighted by Crippen LogP contribution is 2.18. The second-order valence-corrected chi connectivity index (χ2v) is 7.66. The van der Waals surface area contributed by atoms with Crippen LogP contribution in [0.2, 0.25) is 0 Å². The summed E-state index contributed by atoms with van der Waals surface area (Å²) in [6.07, 6.45) is 0. The minimum Gasteiger partial charge on any atom is -0.326 e. The molecule has 0 radical (unpaired) electrons. The van der Waals surface area contributed by atoms with Crippen molar-refractivity contribution in [2.24, 2.45) is 5.73 Å². The molecule has 0 rings (SSSR count). The van der Waals surface area contributed by atoms with Crippen LogP contribution in [-0.2, 0) is 10.0 Å². The Morgan fingerprint density at radius 1 is 1.14 bits per heavy atom. The molecule has 86 valence electrons. The number of rotatable bonds is 3. The molecule has 5 heteroatoms. The standard InChI is InChI=1S/C9H22N2O2S/c1-7(10)9(5,6)11-14(12,13)8(2,3)4/h7,11H,10H2,1-6H3. The van der Waals surface area contributed by atoms with Gasteiger partial charge in [-0.2, -0.15) is 0 Å². The fourth-order valence-corrected chi connectivity index (χ4v) is 1.78. The molecule has 0 aromatic carbocycles. The number of nitrogens with one attached hydrogen (secondary N) is 1. The molecule has 1 unspecified atom stereocenters. The molecule has 0 aliphatic heterocycles. The van der Waals surface area contributed by atoms with Crippen LogP contribution in [-0.4, -0.2) is 24.7 Å². The summed E-state index contributed by atoms with van der Waals surface area (Å²) < 4.78 is 25.4. The lowest BCUT2D eigenvalue weighted by Crippen LogP contribution is -2.57. The lowest BCUT2D eigenvalue weighted by atomic mass is 9.99. The lowest BCUT2D eigenvalue weighted by molar-refractivity contribution is 0.382. The molecule has 3 N–H and O–H groups in total. The van der Waals surface area contributed by atoms with Crippen LogP contribution < -0.4 is 10.5 Å². The average molecular weight is 222 g/mol. The smallest absolute Gasteiger partial charge is 0.217 e. The third kappa shape index (κ3) is 3.22. The van der Waals surface area contributed by atoms with Gasteiger partial charge in [-0.1, -0.05) is 0 Å². The van der Waals surface area contributed by atoms with Gasteiger partial charge in [0.25, 0.3) is 0 Å². The van der Waals surface area contributed by atoms with Gasteiger partial charge in [-0.05, 0) is 41.5 Å². The first-order valence-corrected chi connectivity index (χ1v) is 6.17. The zero-order valence-corrected chi connectivity index (χ0v) is 10.7. The summed E-state index contributed by atoms with van der Waals surface area (Å²) in [4.78, 5) is 0. The number of nitrogens with two attached hydrogens (primary N) is 1. The van der Waals surface area contributed by atoms with Crippen LogP contribution in [0.5, 0.6) is 0 Å². The first-order chi connectivity index (χ1) is 5.90. The maximum Gasteiger partial charge on any atom is 0.217 e. The van der Waals surface area contributed by atoms with E-state index in [2.05, 4.69) is 4.72 Å². The van der Waals surface area contributed by atoms with Gasteiger partial charge in [-0.15, -0.1) is 0 Å². The van der Waals surface area contributed by atoms with E-state index >= 15 is 0 Å². The zero-order chi connectivity index (χ0) is 11.8. The van der Waals surface area contributed by atoms with E-state index < -0.39 is 20.3 Å². The molecule has 0 spiro atoms. The first kappa shape index (κ1) is 13.9. The third-order valence-corrected chi connectivity index (χ3v) is 4.75. The van der Waals surface area contributed by atoms with E-state index in [1.165, 1.54) is 0 Å². The Morgan fingerprint density at radius 2 is 1.50 bits per heavy atom. The highest BCUT2D eigenvalue weighted by Gasteiger charge is 2.35. The largest absolute Gasteiger partial charge is 0.326 e. The zero-order valence-electron chi connectivity index (χ0n) is 9.88. The van der Waals surface area contributed by atoms with Gasteiger partial charge in [0.05, 0.1) is 4.75 Å². The number of hydrogen-bond donors (Lipinski definition) is 2. The first-order valence-electron chi connectivity index (χ1n) is 4.69. The van der Waals surface area contributed by atoms with Gasteiger partial charge in [0.15, 0.2) is 0 Å². The second-order valence-electron chi connectivity index (χ2n) is 5.23. The van der Waals surface area contributed by atoms with E-state index in [9.17, 15) is 8.42 Å². The van der Waals surface area contributed by atoms with Crippen LogP contribution in [0.3, 0.4) is 0 Å². The molecule has 0 amide bonds. The van der Waals surface area contributed by atoms with Crippen molar-refractivity contribution in [3.8, 4) is 0 Å². The van der Waals surface area contributed by atoms with Crippen molar-refractivity contribution in [3.05, 3.63) is 0 Å². The van der Waals surface area contributed by atoms with Gasteiger partial charge in [-0.25, -0.2) is 13.1 Å². The van der Waals surface area contributed by atoms with Gasteiger partial charge in [0.2, 0.25) is 10.0 Å². The third-order valence-electron chi connectivity index (χ3n) is 2.34. The van der Waals surface area contributed by atoms with E-state index in [0.29, 0.717) is 0 Å². The SMILES string of the molecule is CC(N)C(C)(C)NS(=O)(=O)C(C)(C)C. The summed E-state index contributed by atoms with van der Waals surface area (Å²) in [7, 11) is -3.33. The lowest BCUT2D eigenvalue weighted by Gasteiger charge is -2.33. The molecule has 0 saturated heterocycles. The van der Waals surface area contributed by atoms with Crippen molar-refractivity contribution < 1.29 is 8.42 Å². The highest BCUT2D eigenvalue weighted by molar-refractivity contribution is 7.90. The molecule has 0 aromatic heterocycles. The minimum absolute atomic E-state index is 0.236. The molecule has 4 nitrogen and oxygen atoms in total. The molecule has 1 atom stereocenters. The van der Waals surface area contributed by atoms with Gasteiger partial charge < -0.3 is 5.73 Å². The predicted molar refractivity (Wildman–Crippen MR) is 59.5 cm³/mol. The molecule has 0 fully saturated rings. The quantitative estimate of drug-likeness (QED) is 0.743. The van der Waals surface area contributed by atoms with Crippen LogP contribution in [0.15, 0.2) is 0 Å². The molecule has 14 heavy (non-hydrogen) atoms. The molecular weight excluding hydrogens is 200 g/mol. The van der Waals surface area contributed by atoms with Gasteiger partial charge >= 0.3 is 0 Å². The van der Waals surface area contributed by atoms with Crippen LogP contribution in [0.25, 0.3) is 0 Å². The number of sulfonamides is 1. The normalized spacial score (nSPS) is 16.8. The Bertz CT molecular complexity index is 286. The summed E-state index contributed by atoms with van der Waals surface area (Å²) >= 11 is 0.